The molecule has 2 aliphatic heterocycles. The van der Waals surface area contributed by atoms with E-state index in [1.165, 1.54) is 0 Å². The van der Waals surface area contributed by atoms with Crippen LogP contribution in [-0.4, -0.2) is 58.1 Å². The van der Waals surface area contributed by atoms with E-state index in [9.17, 15) is 0 Å². The van der Waals surface area contributed by atoms with Crippen molar-refractivity contribution in [2.75, 3.05) is 47.2 Å². The SMILES string of the molecule is COCC1C2CNCC2CN1COC.Cl.Cl. The summed E-state index contributed by atoms with van der Waals surface area (Å²) in [6.07, 6.45) is 0. The van der Waals surface area contributed by atoms with Crippen LogP contribution in [0.25, 0.3) is 0 Å². The fraction of sp³-hybridized carbons (Fsp3) is 1.00. The van der Waals surface area contributed by atoms with E-state index < -0.39 is 0 Å². The number of hydrogen-bond donors (Lipinski definition) is 1. The molecule has 2 aliphatic rings. The number of likely N-dealkylation sites (tertiary alicyclic amines) is 1. The van der Waals surface area contributed by atoms with Crippen LogP contribution in [0, 0.1) is 11.8 Å². The van der Waals surface area contributed by atoms with Crippen LogP contribution >= 0.6 is 24.8 Å². The Morgan fingerprint density at radius 3 is 2.56 bits per heavy atom. The first kappa shape index (κ1) is 16.4. The van der Waals surface area contributed by atoms with Gasteiger partial charge >= 0.3 is 0 Å². The van der Waals surface area contributed by atoms with E-state index in [-0.39, 0.29) is 24.8 Å². The fourth-order valence-corrected chi connectivity index (χ4v) is 2.83. The van der Waals surface area contributed by atoms with Crippen LogP contribution in [0.1, 0.15) is 0 Å². The highest BCUT2D eigenvalue weighted by atomic mass is 35.5. The first-order chi connectivity index (χ1) is 6.86. The zero-order valence-electron chi connectivity index (χ0n) is 9.85. The van der Waals surface area contributed by atoms with Crippen LogP contribution in [0.5, 0.6) is 0 Å². The smallest absolute Gasteiger partial charge is 0.0989 e. The van der Waals surface area contributed by atoms with E-state index in [0.717, 1.165) is 44.8 Å². The quantitative estimate of drug-likeness (QED) is 0.813. The molecule has 2 saturated heterocycles. The number of halogens is 2. The third kappa shape index (κ3) is 3.22. The fourth-order valence-electron chi connectivity index (χ4n) is 2.83. The Morgan fingerprint density at radius 1 is 1.19 bits per heavy atom. The molecule has 0 bridgehead atoms. The first-order valence-electron chi connectivity index (χ1n) is 5.29. The predicted octanol–water partition coefficient (Wildman–Crippen LogP) is 0.600. The lowest BCUT2D eigenvalue weighted by molar-refractivity contribution is 0.0176. The van der Waals surface area contributed by atoms with Crippen molar-refractivity contribution in [3.63, 3.8) is 0 Å². The van der Waals surface area contributed by atoms with Crippen molar-refractivity contribution in [1.82, 2.24) is 10.2 Å². The normalized spacial score (nSPS) is 33.0. The van der Waals surface area contributed by atoms with Gasteiger partial charge in [0, 0.05) is 26.8 Å². The maximum Gasteiger partial charge on any atom is 0.0989 e. The molecule has 16 heavy (non-hydrogen) atoms. The number of nitrogens with zero attached hydrogens (tertiary/aromatic N) is 1. The molecule has 0 aromatic carbocycles. The Hall–Kier alpha value is 0.420. The number of methoxy groups -OCH3 is 2. The summed E-state index contributed by atoms with van der Waals surface area (Å²) in [5, 5.41) is 3.45. The second kappa shape index (κ2) is 7.69. The van der Waals surface area contributed by atoms with E-state index >= 15 is 0 Å². The zero-order valence-corrected chi connectivity index (χ0v) is 11.5. The highest BCUT2D eigenvalue weighted by molar-refractivity contribution is 5.85. The summed E-state index contributed by atoms with van der Waals surface area (Å²) in [5.74, 6) is 1.55. The average Bonchev–Trinajstić information content (AvgIpc) is 2.71. The number of nitrogens with one attached hydrogen (secondary N) is 1. The van der Waals surface area contributed by atoms with Crippen LogP contribution < -0.4 is 5.32 Å². The van der Waals surface area contributed by atoms with Gasteiger partial charge in [0.05, 0.1) is 13.3 Å². The molecule has 4 nitrogen and oxygen atoms in total. The van der Waals surface area contributed by atoms with Gasteiger partial charge in [0.15, 0.2) is 0 Å². The molecule has 2 heterocycles. The van der Waals surface area contributed by atoms with Crippen molar-refractivity contribution in [3.8, 4) is 0 Å². The van der Waals surface area contributed by atoms with Crippen molar-refractivity contribution >= 4 is 24.8 Å². The Labute approximate surface area is 110 Å². The molecule has 0 amide bonds. The van der Waals surface area contributed by atoms with Gasteiger partial charge in [0.25, 0.3) is 0 Å². The van der Waals surface area contributed by atoms with Crippen molar-refractivity contribution < 1.29 is 9.47 Å². The highest BCUT2D eigenvalue weighted by Gasteiger charge is 2.43. The summed E-state index contributed by atoms with van der Waals surface area (Å²) in [6, 6.07) is 0.542. The number of rotatable bonds is 4. The Bertz CT molecular complexity index is 198. The maximum absolute atomic E-state index is 5.29. The summed E-state index contributed by atoms with van der Waals surface area (Å²) < 4.78 is 10.5. The third-order valence-electron chi connectivity index (χ3n) is 3.46. The largest absolute Gasteiger partial charge is 0.383 e. The molecule has 0 radical (unpaired) electrons. The van der Waals surface area contributed by atoms with Gasteiger partial charge in [-0.3, -0.25) is 4.90 Å². The van der Waals surface area contributed by atoms with Gasteiger partial charge < -0.3 is 14.8 Å². The van der Waals surface area contributed by atoms with Gasteiger partial charge in [-0.2, -0.15) is 0 Å². The van der Waals surface area contributed by atoms with Gasteiger partial charge in [0.2, 0.25) is 0 Å². The van der Waals surface area contributed by atoms with E-state index in [2.05, 4.69) is 10.2 Å². The minimum absolute atomic E-state index is 0. The summed E-state index contributed by atoms with van der Waals surface area (Å²) in [7, 11) is 3.54. The van der Waals surface area contributed by atoms with Gasteiger partial charge in [-0.25, -0.2) is 0 Å². The molecule has 3 atom stereocenters. The molecule has 0 aromatic heterocycles. The molecule has 0 aromatic rings. The van der Waals surface area contributed by atoms with E-state index in [0.29, 0.717) is 6.04 Å². The van der Waals surface area contributed by atoms with E-state index in [4.69, 9.17) is 9.47 Å². The van der Waals surface area contributed by atoms with Crippen molar-refractivity contribution in [3.05, 3.63) is 0 Å². The molecular weight excluding hydrogens is 251 g/mol. The standard InChI is InChI=1S/C10H20N2O2.2ClH/c1-13-6-10-9-4-11-3-8(9)5-12(10)7-14-2;;/h8-11H,3-7H2,1-2H3;2*1H. The monoisotopic (exact) mass is 272 g/mol. The molecule has 3 unspecified atom stereocenters. The molecule has 0 saturated carbocycles. The molecule has 98 valence electrons. The predicted molar refractivity (Wildman–Crippen MR) is 68.6 cm³/mol. The lowest BCUT2D eigenvalue weighted by Gasteiger charge is -2.26. The minimum atomic E-state index is 0. The van der Waals surface area contributed by atoms with Crippen molar-refractivity contribution in [2.45, 2.75) is 6.04 Å². The topological polar surface area (TPSA) is 33.7 Å². The van der Waals surface area contributed by atoms with Crippen molar-refractivity contribution in [1.29, 1.82) is 0 Å². The second-order valence-electron chi connectivity index (χ2n) is 4.29. The molecule has 2 rings (SSSR count). The highest BCUT2D eigenvalue weighted by Crippen LogP contribution is 2.32. The van der Waals surface area contributed by atoms with E-state index in [1.54, 1.807) is 14.2 Å². The van der Waals surface area contributed by atoms with E-state index in [1.807, 2.05) is 0 Å². The van der Waals surface area contributed by atoms with Crippen molar-refractivity contribution in [2.24, 2.45) is 11.8 Å². The Morgan fingerprint density at radius 2 is 1.94 bits per heavy atom. The lowest BCUT2D eigenvalue weighted by atomic mass is 9.95. The molecule has 0 spiro atoms. The molecule has 6 heteroatoms. The Kier molecular flexibility index (Phi) is 7.89. The second-order valence-corrected chi connectivity index (χ2v) is 4.29. The summed E-state index contributed by atoms with van der Waals surface area (Å²) in [5.41, 5.74) is 0. The molecule has 1 N–H and O–H groups in total. The summed E-state index contributed by atoms with van der Waals surface area (Å²) >= 11 is 0. The summed E-state index contributed by atoms with van der Waals surface area (Å²) in [4.78, 5) is 2.40. The van der Waals surface area contributed by atoms with Crippen LogP contribution in [0.3, 0.4) is 0 Å². The maximum atomic E-state index is 5.29. The molecule has 0 aliphatic carbocycles. The number of fused-ring (bicyclic) bond motifs is 1. The Balaban J connectivity index is 0.00000112. The average molecular weight is 273 g/mol. The molecule has 2 fully saturated rings. The molecular formula is C10H22Cl2N2O2. The third-order valence-corrected chi connectivity index (χ3v) is 3.46. The van der Waals surface area contributed by atoms with Crippen LogP contribution in [0.2, 0.25) is 0 Å². The summed E-state index contributed by atoms with van der Waals surface area (Å²) in [6.45, 7) is 5.01. The van der Waals surface area contributed by atoms with Crippen LogP contribution in [-0.2, 0) is 9.47 Å². The van der Waals surface area contributed by atoms with Gasteiger partial charge in [-0.05, 0) is 24.9 Å². The number of ether oxygens (including phenoxy) is 2. The van der Waals surface area contributed by atoms with Crippen LogP contribution in [0.4, 0.5) is 0 Å². The minimum Gasteiger partial charge on any atom is -0.383 e. The first-order valence-corrected chi connectivity index (χ1v) is 5.29. The van der Waals surface area contributed by atoms with Gasteiger partial charge in [0.1, 0.15) is 0 Å². The van der Waals surface area contributed by atoms with Crippen LogP contribution in [0.15, 0.2) is 0 Å². The zero-order chi connectivity index (χ0) is 9.97. The lowest BCUT2D eigenvalue weighted by Crippen LogP contribution is -2.39. The van der Waals surface area contributed by atoms with Gasteiger partial charge in [-0.15, -0.1) is 24.8 Å². The van der Waals surface area contributed by atoms with Gasteiger partial charge in [-0.1, -0.05) is 0 Å². The number of hydrogen-bond acceptors (Lipinski definition) is 4.